The van der Waals surface area contributed by atoms with Gasteiger partial charge in [0.05, 0.1) is 6.20 Å². The summed E-state index contributed by atoms with van der Waals surface area (Å²) in [6.07, 6.45) is 7.47. The Morgan fingerprint density at radius 2 is 2.35 bits per heavy atom. The van der Waals surface area contributed by atoms with Gasteiger partial charge in [-0.2, -0.15) is 5.10 Å². The minimum absolute atomic E-state index is 0.000142. The van der Waals surface area contributed by atoms with Crippen molar-refractivity contribution >= 4 is 11.7 Å². The molecule has 2 aromatic rings. The van der Waals surface area contributed by atoms with E-state index in [0.717, 1.165) is 16.9 Å². The number of ether oxygens (including phenoxy) is 1. The number of rotatable bonds is 4. The van der Waals surface area contributed by atoms with E-state index in [0.29, 0.717) is 12.2 Å². The number of terminal acetylenes is 1. The minimum atomic E-state index is -0.0272. The largest absolute Gasteiger partial charge is 0.481 e. The smallest absolute Gasteiger partial charge is 0.226 e. The lowest BCUT2D eigenvalue weighted by Gasteiger charge is -2.24. The lowest BCUT2D eigenvalue weighted by Crippen LogP contribution is -2.25. The molecule has 1 atom stereocenters. The highest BCUT2D eigenvalue weighted by molar-refractivity contribution is 5.94. The molecule has 118 valence electrons. The van der Waals surface area contributed by atoms with Gasteiger partial charge < -0.3 is 10.1 Å². The van der Waals surface area contributed by atoms with Crippen LogP contribution in [0.3, 0.4) is 0 Å². The quantitative estimate of drug-likeness (QED) is 0.883. The number of benzene rings is 1. The van der Waals surface area contributed by atoms with E-state index in [1.54, 1.807) is 0 Å². The fourth-order valence-corrected chi connectivity index (χ4v) is 2.87. The molecule has 0 spiro atoms. The van der Waals surface area contributed by atoms with E-state index in [1.807, 2.05) is 49.0 Å². The predicted octanol–water partition coefficient (Wildman–Crippen LogP) is 2.95. The Morgan fingerprint density at radius 3 is 3.09 bits per heavy atom. The second-order valence-corrected chi connectivity index (χ2v) is 5.86. The zero-order chi connectivity index (χ0) is 16.4. The minimum Gasteiger partial charge on any atom is -0.481 e. The van der Waals surface area contributed by atoms with Crippen LogP contribution >= 0.6 is 0 Å². The van der Waals surface area contributed by atoms with Crippen molar-refractivity contribution in [2.24, 2.45) is 0 Å². The summed E-state index contributed by atoms with van der Waals surface area (Å²) >= 11 is 0. The van der Waals surface area contributed by atoms with Crippen LogP contribution < -0.4 is 10.1 Å². The number of carbonyl (C=O) groups is 1. The summed E-state index contributed by atoms with van der Waals surface area (Å²) < 4.78 is 7.33. The van der Waals surface area contributed by atoms with Gasteiger partial charge in [-0.3, -0.25) is 4.79 Å². The summed E-state index contributed by atoms with van der Waals surface area (Å²) in [6.45, 7) is 4.31. The van der Waals surface area contributed by atoms with Gasteiger partial charge in [0.25, 0.3) is 0 Å². The summed E-state index contributed by atoms with van der Waals surface area (Å²) in [5.74, 6) is 3.93. The molecule has 0 aliphatic carbocycles. The second-order valence-electron chi connectivity index (χ2n) is 5.86. The van der Waals surface area contributed by atoms with Crippen LogP contribution in [0.4, 0.5) is 5.82 Å². The van der Waals surface area contributed by atoms with Crippen molar-refractivity contribution in [3.8, 4) is 18.1 Å². The number of nitrogens with zero attached hydrogens (tertiary/aromatic N) is 2. The summed E-state index contributed by atoms with van der Waals surface area (Å²) in [4.78, 5) is 12.1. The Hall–Kier alpha value is -2.74. The second kappa shape index (κ2) is 6.17. The van der Waals surface area contributed by atoms with E-state index in [-0.39, 0.29) is 24.5 Å². The SMILES string of the molecule is C#CCOc1cccc([C@H]2CC(=O)Nc3c2cnn3C(C)C)c1. The molecule has 0 radical (unpaired) electrons. The van der Waals surface area contributed by atoms with Crippen LogP contribution in [0.5, 0.6) is 5.75 Å². The Balaban J connectivity index is 1.98. The lowest BCUT2D eigenvalue weighted by atomic mass is 9.87. The average Bonchev–Trinajstić information content (AvgIpc) is 2.96. The van der Waals surface area contributed by atoms with Crippen molar-refractivity contribution in [1.29, 1.82) is 0 Å². The molecule has 2 heterocycles. The first kappa shape index (κ1) is 15.2. The van der Waals surface area contributed by atoms with E-state index >= 15 is 0 Å². The fraction of sp³-hybridized carbons (Fsp3) is 0.333. The van der Waals surface area contributed by atoms with E-state index in [2.05, 4.69) is 16.3 Å². The van der Waals surface area contributed by atoms with E-state index in [1.165, 1.54) is 0 Å². The molecule has 1 amide bonds. The van der Waals surface area contributed by atoms with Crippen LogP contribution in [-0.4, -0.2) is 22.3 Å². The molecule has 1 N–H and O–H groups in total. The Kier molecular flexibility index (Phi) is 4.07. The van der Waals surface area contributed by atoms with Crippen molar-refractivity contribution in [1.82, 2.24) is 9.78 Å². The van der Waals surface area contributed by atoms with Crippen molar-refractivity contribution < 1.29 is 9.53 Å². The van der Waals surface area contributed by atoms with Crippen LogP contribution in [0.25, 0.3) is 0 Å². The highest BCUT2D eigenvalue weighted by atomic mass is 16.5. The molecule has 1 aromatic carbocycles. The summed E-state index contributed by atoms with van der Waals surface area (Å²) in [7, 11) is 0. The van der Waals surface area contributed by atoms with E-state index in [9.17, 15) is 4.79 Å². The molecule has 0 bridgehead atoms. The highest BCUT2D eigenvalue weighted by Gasteiger charge is 2.30. The van der Waals surface area contributed by atoms with Crippen LogP contribution in [0.1, 0.15) is 43.4 Å². The van der Waals surface area contributed by atoms with Gasteiger partial charge in [0.1, 0.15) is 18.2 Å². The molecule has 3 rings (SSSR count). The number of fused-ring (bicyclic) bond motifs is 1. The van der Waals surface area contributed by atoms with Crippen LogP contribution in [0.15, 0.2) is 30.5 Å². The van der Waals surface area contributed by atoms with Crippen molar-refractivity contribution in [2.45, 2.75) is 32.2 Å². The van der Waals surface area contributed by atoms with Gasteiger partial charge in [-0.15, -0.1) is 6.42 Å². The summed E-state index contributed by atoms with van der Waals surface area (Å²) in [5, 5.41) is 7.37. The molecule has 1 aliphatic heterocycles. The molecule has 1 aliphatic rings. The monoisotopic (exact) mass is 309 g/mol. The molecular formula is C18H19N3O2. The normalized spacial score (nSPS) is 16.6. The van der Waals surface area contributed by atoms with Crippen molar-refractivity contribution in [3.63, 3.8) is 0 Å². The number of hydrogen-bond acceptors (Lipinski definition) is 3. The van der Waals surface area contributed by atoms with Gasteiger partial charge in [0.2, 0.25) is 5.91 Å². The number of hydrogen-bond donors (Lipinski definition) is 1. The van der Waals surface area contributed by atoms with Gasteiger partial charge in [-0.05, 0) is 31.5 Å². The molecule has 1 aromatic heterocycles. The van der Waals surface area contributed by atoms with Gasteiger partial charge in [0.15, 0.2) is 0 Å². The van der Waals surface area contributed by atoms with Gasteiger partial charge in [-0.1, -0.05) is 18.1 Å². The molecular weight excluding hydrogens is 290 g/mol. The van der Waals surface area contributed by atoms with Crippen LogP contribution in [0, 0.1) is 12.3 Å². The molecule has 0 fully saturated rings. The highest BCUT2D eigenvalue weighted by Crippen LogP contribution is 2.38. The summed E-state index contributed by atoms with van der Waals surface area (Å²) in [6, 6.07) is 7.91. The first-order valence-corrected chi connectivity index (χ1v) is 7.63. The van der Waals surface area contributed by atoms with Crippen LogP contribution in [0.2, 0.25) is 0 Å². The number of aromatic nitrogens is 2. The zero-order valence-electron chi connectivity index (χ0n) is 13.2. The average molecular weight is 309 g/mol. The molecule has 0 saturated carbocycles. The molecule has 0 unspecified atom stereocenters. The van der Waals surface area contributed by atoms with Gasteiger partial charge >= 0.3 is 0 Å². The zero-order valence-corrected chi connectivity index (χ0v) is 13.2. The van der Waals surface area contributed by atoms with Gasteiger partial charge in [-0.25, -0.2) is 4.68 Å². The number of anilines is 1. The Morgan fingerprint density at radius 1 is 1.52 bits per heavy atom. The maximum atomic E-state index is 12.1. The Labute approximate surface area is 135 Å². The third-order valence-corrected chi connectivity index (χ3v) is 3.92. The molecule has 5 heteroatoms. The van der Waals surface area contributed by atoms with Crippen molar-refractivity contribution in [3.05, 3.63) is 41.6 Å². The van der Waals surface area contributed by atoms with Crippen LogP contribution in [-0.2, 0) is 4.79 Å². The van der Waals surface area contributed by atoms with E-state index < -0.39 is 0 Å². The number of amides is 1. The predicted molar refractivity (Wildman–Crippen MR) is 88.5 cm³/mol. The first-order chi connectivity index (χ1) is 11.1. The summed E-state index contributed by atoms with van der Waals surface area (Å²) in [5.41, 5.74) is 2.06. The maximum absolute atomic E-state index is 12.1. The lowest BCUT2D eigenvalue weighted by molar-refractivity contribution is -0.116. The molecule has 23 heavy (non-hydrogen) atoms. The topological polar surface area (TPSA) is 56.1 Å². The van der Waals surface area contributed by atoms with E-state index in [4.69, 9.17) is 11.2 Å². The third-order valence-electron chi connectivity index (χ3n) is 3.92. The first-order valence-electron chi connectivity index (χ1n) is 7.63. The molecule has 5 nitrogen and oxygen atoms in total. The molecule has 0 saturated heterocycles. The van der Waals surface area contributed by atoms with Crippen molar-refractivity contribution in [2.75, 3.05) is 11.9 Å². The fourth-order valence-electron chi connectivity index (χ4n) is 2.87. The number of nitrogens with one attached hydrogen (secondary N) is 1. The third kappa shape index (κ3) is 2.93. The number of carbonyl (C=O) groups excluding carboxylic acids is 1. The Bertz CT molecular complexity index is 771. The maximum Gasteiger partial charge on any atom is 0.226 e. The standard InChI is InChI=1S/C18H19N3O2/c1-4-8-23-14-7-5-6-13(9-14)15-10-17(22)20-18-16(15)11-19-21(18)12(2)3/h1,5-7,9,11-12,15H,8,10H2,2-3H3,(H,20,22)/t15-/m1/s1. The van der Waals surface area contributed by atoms with Gasteiger partial charge in [0, 0.05) is 23.9 Å².